The summed E-state index contributed by atoms with van der Waals surface area (Å²) in [5, 5.41) is 2.94. The predicted molar refractivity (Wildman–Crippen MR) is 100 cm³/mol. The van der Waals surface area contributed by atoms with E-state index in [2.05, 4.69) is 21.2 Å². The minimum absolute atomic E-state index is 0.00421. The minimum Gasteiger partial charge on any atom is -0.350 e. The molecule has 0 radical (unpaired) electrons. The van der Waals surface area contributed by atoms with Crippen LogP contribution in [0, 0.1) is 13.8 Å². The third kappa shape index (κ3) is 5.03. The number of Topliss-reactive ketones (excluding diaryl/α,β-unsaturated/α-hetero) is 1. The highest BCUT2D eigenvalue weighted by molar-refractivity contribution is 9.10. The lowest BCUT2D eigenvalue weighted by molar-refractivity contribution is -0.121. The molecule has 0 fully saturated rings. The van der Waals surface area contributed by atoms with Crippen LogP contribution in [0.3, 0.4) is 0 Å². The number of rotatable bonds is 6. The molecule has 0 saturated heterocycles. The molecule has 126 valence electrons. The van der Waals surface area contributed by atoms with E-state index in [4.69, 9.17) is 0 Å². The van der Waals surface area contributed by atoms with Gasteiger partial charge in [0.05, 0.1) is 6.04 Å². The van der Waals surface area contributed by atoms with Gasteiger partial charge >= 0.3 is 0 Å². The van der Waals surface area contributed by atoms with Crippen LogP contribution in [0.15, 0.2) is 46.9 Å². The van der Waals surface area contributed by atoms with Crippen molar-refractivity contribution in [1.29, 1.82) is 0 Å². The largest absolute Gasteiger partial charge is 0.350 e. The monoisotopic (exact) mass is 387 g/mol. The fourth-order valence-corrected chi connectivity index (χ4v) is 2.70. The maximum Gasteiger partial charge on any atom is 0.220 e. The molecule has 0 saturated carbocycles. The van der Waals surface area contributed by atoms with Gasteiger partial charge in [-0.25, -0.2) is 0 Å². The van der Waals surface area contributed by atoms with Crippen LogP contribution in [0.2, 0.25) is 0 Å². The van der Waals surface area contributed by atoms with E-state index in [1.54, 1.807) is 0 Å². The molecule has 2 rings (SSSR count). The molecule has 2 aromatic carbocycles. The van der Waals surface area contributed by atoms with E-state index in [1.807, 2.05) is 63.2 Å². The molecule has 0 bridgehead atoms. The Balaban J connectivity index is 1.87. The summed E-state index contributed by atoms with van der Waals surface area (Å²) in [4.78, 5) is 24.3. The van der Waals surface area contributed by atoms with Gasteiger partial charge in [-0.1, -0.05) is 40.2 Å². The number of nitrogens with one attached hydrogen (secondary N) is 1. The van der Waals surface area contributed by atoms with Crippen LogP contribution in [0.5, 0.6) is 0 Å². The minimum atomic E-state index is -0.109. The van der Waals surface area contributed by atoms with Crippen molar-refractivity contribution < 1.29 is 9.59 Å². The Morgan fingerprint density at radius 2 is 1.67 bits per heavy atom. The van der Waals surface area contributed by atoms with Crippen LogP contribution in [0.25, 0.3) is 0 Å². The Morgan fingerprint density at radius 1 is 1.00 bits per heavy atom. The number of ketones is 1. The molecule has 0 aliphatic heterocycles. The van der Waals surface area contributed by atoms with E-state index in [9.17, 15) is 9.59 Å². The summed E-state index contributed by atoms with van der Waals surface area (Å²) < 4.78 is 1.00. The Kier molecular flexibility index (Phi) is 6.32. The van der Waals surface area contributed by atoms with Gasteiger partial charge in [0.2, 0.25) is 5.91 Å². The van der Waals surface area contributed by atoms with Gasteiger partial charge in [0, 0.05) is 22.9 Å². The second kappa shape index (κ2) is 8.25. The Bertz CT molecular complexity index is 738. The topological polar surface area (TPSA) is 46.2 Å². The average molecular weight is 388 g/mol. The lowest BCUT2D eigenvalue weighted by Gasteiger charge is -2.14. The number of carbonyl (C=O) groups excluding carboxylic acids is 2. The third-order valence-electron chi connectivity index (χ3n) is 4.16. The average Bonchev–Trinajstić information content (AvgIpc) is 2.55. The summed E-state index contributed by atoms with van der Waals surface area (Å²) in [6, 6.07) is 13.4. The smallest absolute Gasteiger partial charge is 0.220 e. The number of aryl methyl sites for hydroxylation is 2. The zero-order valence-corrected chi connectivity index (χ0v) is 15.8. The summed E-state index contributed by atoms with van der Waals surface area (Å²) in [5.74, 6) is -0.104. The normalized spacial score (nSPS) is 11.8. The van der Waals surface area contributed by atoms with Crippen LogP contribution < -0.4 is 5.32 Å². The van der Waals surface area contributed by atoms with Crippen molar-refractivity contribution >= 4 is 27.6 Å². The summed E-state index contributed by atoms with van der Waals surface area (Å²) in [7, 11) is 0. The molecule has 1 N–H and O–H groups in total. The van der Waals surface area contributed by atoms with Crippen molar-refractivity contribution in [2.24, 2.45) is 0 Å². The molecule has 2 aromatic rings. The highest BCUT2D eigenvalue weighted by Crippen LogP contribution is 2.17. The lowest BCUT2D eigenvalue weighted by Crippen LogP contribution is -2.26. The number of hydrogen-bond donors (Lipinski definition) is 1. The van der Waals surface area contributed by atoms with Crippen LogP contribution in [0.1, 0.15) is 52.9 Å². The maximum absolute atomic E-state index is 12.2. The first-order chi connectivity index (χ1) is 11.4. The van der Waals surface area contributed by atoms with Gasteiger partial charge < -0.3 is 5.32 Å². The molecule has 1 atom stereocenters. The summed E-state index contributed by atoms with van der Waals surface area (Å²) in [6.07, 6.45) is 0.425. The highest BCUT2D eigenvalue weighted by Gasteiger charge is 2.13. The van der Waals surface area contributed by atoms with E-state index in [1.165, 1.54) is 0 Å². The van der Waals surface area contributed by atoms with Crippen molar-refractivity contribution in [3.8, 4) is 0 Å². The van der Waals surface area contributed by atoms with Crippen molar-refractivity contribution in [3.63, 3.8) is 0 Å². The van der Waals surface area contributed by atoms with Crippen LogP contribution >= 0.6 is 15.9 Å². The second-order valence-electron chi connectivity index (χ2n) is 6.06. The predicted octanol–water partition coefficient (Wildman–Crippen LogP) is 4.91. The van der Waals surface area contributed by atoms with Gasteiger partial charge in [-0.05, 0) is 55.7 Å². The fourth-order valence-electron chi connectivity index (χ4n) is 2.43. The van der Waals surface area contributed by atoms with E-state index in [0.29, 0.717) is 5.56 Å². The van der Waals surface area contributed by atoms with Crippen LogP contribution in [0.4, 0.5) is 0 Å². The molecule has 3 nitrogen and oxygen atoms in total. The van der Waals surface area contributed by atoms with Crippen molar-refractivity contribution in [2.75, 3.05) is 0 Å². The molecule has 4 heteroatoms. The zero-order chi connectivity index (χ0) is 17.7. The quantitative estimate of drug-likeness (QED) is 0.715. The zero-order valence-electron chi connectivity index (χ0n) is 14.2. The number of carbonyl (C=O) groups is 2. The van der Waals surface area contributed by atoms with Gasteiger partial charge in [0.1, 0.15) is 0 Å². The first-order valence-corrected chi connectivity index (χ1v) is 8.81. The first kappa shape index (κ1) is 18.4. The third-order valence-corrected chi connectivity index (χ3v) is 4.68. The molecule has 24 heavy (non-hydrogen) atoms. The fraction of sp³-hybridized carbons (Fsp3) is 0.300. The summed E-state index contributed by atoms with van der Waals surface area (Å²) in [5.41, 5.74) is 3.96. The molecule has 0 heterocycles. The molecule has 0 aliphatic carbocycles. The molecule has 0 spiro atoms. The second-order valence-corrected chi connectivity index (χ2v) is 6.98. The number of halogens is 1. The van der Waals surface area contributed by atoms with Gasteiger partial charge in [-0.3, -0.25) is 9.59 Å². The molecule has 0 aromatic heterocycles. The van der Waals surface area contributed by atoms with E-state index >= 15 is 0 Å². The Morgan fingerprint density at radius 3 is 2.29 bits per heavy atom. The Labute approximate surface area is 151 Å². The summed E-state index contributed by atoms with van der Waals surface area (Å²) in [6.45, 7) is 5.94. The highest BCUT2D eigenvalue weighted by atomic mass is 79.9. The first-order valence-electron chi connectivity index (χ1n) is 8.02. The van der Waals surface area contributed by atoms with Gasteiger partial charge in [-0.15, -0.1) is 0 Å². The maximum atomic E-state index is 12.2. The van der Waals surface area contributed by atoms with Gasteiger partial charge in [-0.2, -0.15) is 0 Å². The standard InChI is InChI=1S/C20H22BrNO2/c1-13-4-5-17(12-14(13)2)19(23)10-11-20(24)22-15(3)16-6-8-18(21)9-7-16/h4-9,12,15H,10-11H2,1-3H3,(H,22,24)/t15-/m0/s1. The lowest BCUT2D eigenvalue weighted by atomic mass is 10.0. The number of benzene rings is 2. The van der Waals surface area contributed by atoms with Crippen molar-refractivity contribution in [1.82, 2.24) is 5.32 Å². The molecular formula is C20H22BrNO2. The molecule has 1 amide bonds. The van der Waals surface area contributed by atoms with E-state index in [0.717, 1.165) is 21.2 Å². The molecule has 0 aliphatic rings. The van der Waals surface area contributed by atoms with Crippen molar-refractivity contribution in [2.45, 2.75) is 39.7 Å². The number of amides is 1. The SMILES string of the molecule is Cc1ccc(C(=O)CCC(=O)N[C@@H](C)c2ccc(Br)cc2)cc1C. The molecular weight excluding hydrogens is 366 g/mol. The van der Waals surface area contributed by atoms with Crippen molar-refractivity contribution in [3.05, 3.63) is 69.2 Å². The van der Waals surface area contributed by atoms with Crippen LogP contribution in [-0.4, -0.2) is 11.7 Å². The Hall–Kier alpha value is -1.94. The van der Waals surface area contributed by atoms with E-state index in [-0.39, 0.29) is 30.6 Å². The van der Waals surface area contributed by atoms with Gasteiger partial charge in [0.25, 0.3) is 0 Å². The number of hydrogen-bond acceptors (Lipinski definition) is 2. The van der Waals surface area contributed by atoms with E-state index < -0.39 is 0 Å². The van der Waals surface area contributed by atoms with Crippen LogP contribution in [-0.2, 0) is 4.79 Å². The molecule has 0 unspecified atom stereocenters. The van der Waals surface area contributed by atoms with Gasteiger partial charge in [0.15, 0.2) is 5.78 Å². The summed E-state index contributed by atoms with van der Waals surface area (Å²) >= 11 is 3.39.